The van der Waals surface area contributed by atoms with E-state index in [9.17, 15) is 9.18 Å². The van der Waals surface area contributed by atoms with Crippen LogP contribution in [0.4, 0.5) is 4.39 Å². The number of aromatic nitrogens is 1. The van der Waals surface area contributed by atoms with Gasteiger partial charge in [0.1, 0.15) is 0 Å². The van der Waals surface area contributed by atoms with Gasteiger partial charge in [0.25, 0.3) is 5.91 Å². The highest BCUT2D eigenvalue weighted by Gasteiger charge is 2.16. The van der Waals surface area contributed by atoms with Crippen LogP contribution >= 0.6 is 0 Å². The van der Waals surface area contributed by atoms with E-state index < -0.39 is 11.7 Å². The van der Waals surface area contributed by atoms with E-state index in [2.05, 4.69) is 10.4 Å². The van der Waals surface area contributed by atoms with E-state index >= 15 is 0 Å². The van der Waals surface area contributed by atoms with Crippen LogP contribution in [-0.2, 0) is 0 Å². The molecule has 4 nitrogen and oxygen atoms in total. The Kier molecular flexibility index (Phi) is 3.46. The molecular formula is C11H14FN3O. The molecule has 1 aliphatic heterocycles. The Hall–Kier alpha value is -1.49. The zero-order chi connectivity index (χ0) is 11.4. The van der Waals surface area contributed by atoms with Crippen molar-refractivity contribution in [2.24, 2.45) is 0 Å². The number of hydrogen-bond donors (Lipinski definition) is 1. The molecule has 0 radical (unpaired) electrons. The Balaban J connectivity index is 2.00. The molecule has 1 aromatic heterocycles. The second-order valence-electron chi connectivity index (χ2n) is 3.84. The Morgan fingerprint density at radius 3 is 2.81 bits per heavy atom. The first-order chi connectivity index (χ1) is 7.77. The molecule has 1 aromatic rings. The summed E-state index contributed by atoms with van der Waals surface area (Å²) in [6, 6.07) is 1.38. The average Bonchev–Trinajstić information content (AvgIpc) is 2.31. The maximum absolute atomic E-state index is 13.3. The second kappa shape index (κ2) is 5.03. The molecule has 0 unspecified atom stereocenters. The molecule has 0 aromatic carbocycles. The van der Waals surface area contributed by atoms with Crippen LogP contribution in [0.1, 0.15) is 29.6 Å². The SMILES string of the molecule is O=C(NN1CCCCC1)c1ccncc1F. The van der Waals surface area contributed by atoms with E-state index in [1.54, 1.807) is 0 Å². The molecule has 1 N–H and O–H groups in total. The summed E-state index contributed by atoms with van der Waals surface area (Å²) in [7, 11) is 0. The minimum absolute atomic E-state index is 0.0422. The monoisotopic (exact) mass is 223 g/mol. The summed E-state index contributed by atoms with van der Waals surface area (Å²) in [6.45, 7) is 1.66. The number of halogens is 1. The lowest BCUT2D eigenvalue weighted by atomic mass is 10.2. The zero-order valence-electron chi connectivity index (χ0n) is 8.95. The Morgan fingerprint density at radius 2 is 2.12 bits per heavy atom. The summed E-state index contributed by atoms with van der Waals surface area (Å²) in [5, 5.41) is 1.84. The molecule has 5 heteroatoms. The van der Waals surface area contributed by atoms with Crippen LogP contribution < -0.4 is 5.43 Å². The van der Waals surface area contributed by atoms with E-state index in [-0.39, 0.29) is 5.56 Å². The maximum Gasteiger partial charge on any atom is 0.268 e. The Morgan fingerprint density at radius 1 is 1.38 bits per heavy atom. The van der Waals surface area contributed by atoms with Gasteiger partial charge in [0.05, 0.1) is 11.8 Å². The van der Waals surface area contributed by atoms with Crippen molar-refractivity contribution in [3.05, 3.63) is 29.8 Å². The number of amides is 1. The number of carbonyl (C=O) groups is 1. The lowest BCUT2D eigenvalue weighted by Gasteiger charge is -2.26. The van der Waals surface area contributed by atoms with Crippen molar-refractivity contribution in [3.8, 4) is 0 Å². The molecule has 1 amide bonds. The van der Waals surface area contributed by atoms with Gasteiger partial charge in [0.15, 0.2) is 5.82 Å². The molecule has 0 saturated carbocycles. The van der Waals surface area contributed by atoms with Gasteiger partial charge in [-0.3, -0.25) is 15.2 Å². The third-order valence-electron chi connectivity index (χ3n) is 2.63. The van der Waals surface area contributed by atoms with Crippen molar-refractivity contribution in [1.29, 1.82) is 0 Å². The predicted octanol–water partition coefficient (Wildman–Crippen LogP) is 1.35. The van der Waals surface area contributed by atoms with Crippen LogP contribution in [0.15, 0.2) is 18.5 Å². The molecule has 2 rings (SSSR count). The van der Waals surface area contributed by atoms with Crippen LogP contribution in [0, 0.1) is 5.82 Å². The minimum atomic E-state index is -0.586. The highest BCUT2D eigenvalue weighted by molar-refractivity contribution is 5.93. The van der Waals surface area contributed by atoms with Crippen LogP contribution in [0.3, 0.4) is 0 Å². The van der Waals surface area contributed by atoms with Crippen molar-refractivity contribution in [2.45, 2.75) is 19.3 Å². The van der Waals surface area contributed by atoms with E-state index in [4.69, 9.17) is 0 Å². The Bertz CT molecular complexity index is 377. The lowest BCUT2D eigenvalue weighted by Crippen LogP contribution is -2.45. The van der Waals surface area contributed by atoms with Crippen LogP contribution in [0.5, 0.6) is 0 Å². The van der Waals surface area contributed by atoms with E-state index in [1.165, 1.54) is 18.7 Å². The number of pyridine rings is 1. The van der Waals surface area contributed by atoms with Crippen molar-refractivity contribution < 1.29 is 9.18 Å². The molecule has 2 heterocycles. The lowest BCUT2D eigenvalue weighted by molar-refractivity contribution is 0.0745. The van der Waals surface area contributed by atoms with Crippen molar-refractivity contribution >= 4 is 5.91 Å². The summed E-state index contributed by atoms with van der Waals surface area (Å²) in [5.41, 5.74) is 2.74. The van der Waals surface area contributed by atoms with Crippen molar-refractivity contribution in [2.75, 3.05) is 13.1 Å². The average molecular weight is 223 g/mol. The van der Waals surface area contributed by atoms with E-state index in [0.29, 0.717) is 0 Å². The number of rotatable bonds is 2. The van der Waals surface area contributed by atoms with Gasteiger partial charge < -0.3 is 0 Å². The molecule has 0 spiro atoms. The number of hydrazine groups is 1. The van der Waals surface area contributed by atoms with Crippen LogP contribution in [0.25, 0.3) is 0 Å². The normalized spacial score (nSPS) is 17.1. The van der Waals surface area contributed by atoms with Crippen LogP contribution in [-0.4, -0.2) is 29.0 Å². The third-order valence-corrected chi connectivity index (χ3v) is 2.63. The number of hydrogen-bond acceptors (Lipinski definition) is 3. The van der Waals surface area contributed by atoms with Gasteiger partial charge in [0, 0.05) is 19.3 Å². The smallest absolute Gasteiger partial charge is 0.268 e. The number of nitrogens with zero attached hydrogens (tertiary/aromatic N) is 2. The van der Waals surface area contributed by atoms with Gasteiger partial charge in [-0.25, -0.2) is 9.40 Å². The predicted molar refractivity (Wildman–Crippen MR) is 57.1 cm³/mol. The standard InChI is InChI=1S/C11H14FN3O/c12-10-8-13-5-4-9(10)11(16)14-15-6-2-1-3-7-15/h4-5,8H,1-3,6-7H2,(H,14,16). The molecular weight excluding hydrogens is 209 g/mol. The summed E-state index contributed by atoms with van der Waals surface area (Å²) in [6.07, 6.45) is 5.79. The van der Waals surface area contributed by atoms with Gasteiger partial charge in [0.2, 0.25) is 0 Å². The van der Waals surface area contributed by atoms with E-state index in [0.717, 1.165) is 32.1 Å². The first-order valence-corrected chi connectivity index (χ1v) is 5.43. The summed E-state index contributed by atoms with van der Waals surface area (Å²) >= 11 is 0. The van der Waals surface area contributed by atoms with Gasteiger partial charge in [-0.05, 0) is 18.9 Å². The largest absolute Gasteiger partial charge is 0.285 e. The molecule has 1 fully saturated rings. The van der Waals surface area contributed by atoms with Crippen molar-refractivity contribution in [3.63, 3.8) is 0 Å². The van der Waals surface area contributed by atoms with Gasteiger partial charge >= 0.3 is 0 Å². The first-order valence-electron chi connectivity index (χ1n) is 5.43. The Labute approximate surface area is 93.4 Å². The fourth-order valence-electron chi connectivity index (χ4n) is 1.77. The molecule has 1 aliphatic rings. The topological polar surface area (TPSA) is 45.2 Å². The molecule has 0 atom stereocenters. The minimum Gasteiger partial charge on any atom is -0.285 e. The fraction of sp³-hybridized carbons (Fsp3) is 0.455. The number of carbonyl (C=O) groups excluding carboxylic acids is 1. The van der Waals surface area contributed by atoms with Gasteiger partial charge in [-0.1, -0.05) is 6.42 Å². The highest BCUT2D eigenvalue weighted by Crippen LogP contribution is 2.08. The quantitative estimate of drug-likeness (QED) is 0.823. The highest BCUT2D eigenvalue weighted by atomic mass is 19.1. The first kappa shape index (κ1) is 11.0. The fourth-order valence-corrected chi connectivity index (χ4v) is 1.77. The van der Waals surface area contributed by atoms with Crippen molar-refractivity contribution in [1.82, 2.24) is 15.4 Å². The number of piperidine rings is 1. The molecule has 1 saturated heterocycles. The second-order valence-corrected chi connectivity index (χ2v) is 3.84. The zero-order valence-corrected chi connectivity index (χ0v) is 8.95. The summed E-state index contributed by atoms with van der Waals surface area (Å²) < 4.78 is 13.3. The molecule has 0 bridgehead atoms. The van der Waals surface area contributed by atoms with Gasteiger partial charge in [-0.15, -0.1) is 0 Å². The molecule has 0 aliphatic carbocycles. The molecule has 86 valence electrons. The summed E-state index contributed by atoms with van der Waals surface area (Å²) in [4.78, 5) is 15.3. The third kappa shape index (κ3) is 2.55. The molecule has 16 heavy (non-hydrogen) atoms. The van der Waals surface area contributed by atoms with E-state index in [1.807, 2.05) is 5.01 Å². The summed E-state index contributed by atoms with van der Waals surface area (Å²) in [5.74, 6) is -0.987. The maximum atomic E-state index is 13.3. The van der Waals surface area contributed by atoms with Crippen LogP contribution in [0.2, 0.25) is 0 Å². The number of nitrogens with one attached hydrogen (secondary N) is 1. The van der Waals surface area contributed by atoms with Gasteiger partial charge in [-0.2, -0.15) is 0 Å².